The molecular formula is C16H18ClNO4S. The van der Waals surface area contributed by atoms with Crippen LogP contribution >= 0.6 is 11.6 Å². The summed E-state index contributed by atoms with van der Waals surface area (Å²) in [5, 5.41) is 0.489. The van der Waals surface area contributed by atoms with Gasteiger partial charge in [0.2, 0.25) is 10.0 Å². The first-order valence-electron chi connectivity index (χ1n) is 6.81. The number of benzene rings is 2. The van der Waals surface area contributed by atoms with Crippen LogP contribution in [0.4, 0.5) is 0 Å². The molecule has 5 nitrogen and oxygen atoms in total. The molecule has 0 bridgehead atoms. The number of hydrogen-bond acceptors (Lipinski definition) is 4. The lowest BCUT2D eigenvalue weighted by Gasteiger charge is -2.19. The number of halogens is 1. The molecule has 2 aromatic carbocycles. The van der Waals surface area contributed by atoms with Gasteiger partial charge in [-0.25, -0.2) is 8.42 Å². The molecule has 0 saturated heterocycles. The van der Waals surface area contributed by atoms with E-state index in [1.807, 2.05) is 0 Å². The predicted molar refractivity (Wildman–Crippen MR) is 89.7 cm³/mol. The Labute approximate surface area is 141 Å². The van der Waals surface area contributed by atoms with Crippen molar-refractivity contribution in [1.82, 2.24) is 4.31 Å². The Morgan fingerprint density at radius 3 is 2.26 bits per heavy atom. The fourth-order valence-electron chi connectivity index (χ4n) is 2.09. The number of nitrogens with zero attached hydrogens (tertiary/aromatic N) is 1. The van der Waals surface area contributed by atoms with Crippen molar-refractivity contribution in [1.29, 1.82) is 0 Å². The van der Waals surface area contributed by atoms with E-state index >= 15 is 0 Å². The summed E-state index contributed by atoms with van der Waals surface area (Å²) in [6.45, 7) is 0.179. The summed E-state index contributed by atoms with van der Waals surface area (Å²) in [4.78, 5) is 0.192. The van der Waals surface area contributed by atoms with Gasteiger partial charge < -0.3 is 9.47 Å². The third-order valence-electron chi connectivity index (χ3n) is 3.41. The number of methoxy groups -OCH3 is 2. The first-order chi connectivity index (χ1) is 10.9. The highest BCUT2D eigenvalue weighted by molar-refractivity contribution is 7.89. The highest BCUT2D eigenvalue weighted by Gasteiger charge is 2.22. The molecule has 0 unspecified atom stereocenters. The third kappa shape index (κ3) is 3.96. The zero-order valence-corrected chi connectivity index (χ0v) is 14.7. The molecule has 0 aliphatic rings. The van der Waals surface area contributed by atoms with Crippen molar-refractivity contribution in [2.24, 2.45) is 0 Å². The molecule has 0 spiro atoms. The molecule has 0 amide bonds. The number of hydrogen-bond donors (Lipinski definition) is 0. The Morgan fingerprint density at radius 1 is 1.04 bits per heavy atom. The summed E-state index contributed by atoms with van der Waals surface area (Å²) in [5.74, 6) is 1.22. The van der Waals surface area contributed by atoms with Gasteiger partial charge in [0.05, 0.1) is 19.1 Å². The van der Waals surface area contributed by atoms with Crippen molar-refractivity contribution in [3.8, 4) is 11.5 Å². The molecule has 2 rings (SSSR count). The monoisotopic (exact) mass is 355 g/mol. The topological polar surface area (TPSA) is 55.8 Å². The Morgan fingerprint density at radius 2 is 1.70 bits per heavy atom. The molecule has 0 fully saturated rings. The van der Waals surface area contributed by atoms with Crippen LogP contribution in [0.25, 0.3) is 0 Å². The van der Waals surface area contributed by atoms with E-state index < -0.39 is 10.0 Å². The van der Waals surface area contributed by atoms with E-state index in [-0.39, 0.29) is 11.4 Å². The Bertz CT molecular complexity index is 775. The van der Waals surface area contributed by atoms with Gasteiger partial charge in [-0.1, -0.05) is 17.7 Å². The Balaban J connectivity index is 2.27. The average molecular weight is 356 g/mol. The largest absolute Gasteiger partial charge is 0.497 e. The lowest BCUT2D eigenvalue weighted by molar-refractivity contribution is 0.384. The first-order valence-corrected chi connectivity index (χ1v) is 8.63. The molecule has 23 heavy (non-hydrogen) atoms. The summed E-state index contributed by atoms with van der Waals surface area (Å²) >= 11 is 5.80. The summed E-state index contributed by atoms with van der Waals surface area (Å²) in [6, 6.07) is 11.3. The lowest BCUT2D eigenvalue weighted by atomic mass is 10.2. The summed E-state index contributed by atoms with van der Waals surface area (Å²) in [6.07, 6.45) is 0. The number of sulfonamides is 1. The van der Waals surface area contributed by atoms with E-state index in [1.54, 1.807) is 37.4 Å². The molecule has 0 atom stereocenters. The predicted octanol–water partition coefficient (Wildman–Crippen LogP) is 3.18. The maximum absolute atomic E-state index is 12.6. The number of ether oxygens (including phenoxy) is 2. The molecule has 0 radical (unpaired) electrons. The van der Waals surface area contributed by atoms with Crippen LogP contribution in [-0.2, 0) is 16.6 Å². The maximum Gasteiger partial charge on any atom is 0.243 e. The minimum absolute atomic E-state index is 0.179. The zero-order valence-electron chi connectivity index (χ0n) is 13.1. The van der Waals surface area contributed by atoms with E-state index in [1.165, 1.54) is 30.6 Å². The second-order valence-corrected chi connectivity index (χ2v) is 7.37. The molecule has 0 N–H and O–H groups in total. The standard InChI is InChI=1S/C16H18ClNO4S/c1-18(23(19,20)15-8-5-13(17)6-9-15)11-12-4-7-14(21-2)10-16(12)22-3/h4-10H,11H2,1-3H3. The van der Waals surface area contributed by atoms with Crippen LogP contribution in [0.5, 0.6) is 11.5 Å². The third-order valence-corrected chi connectivity index (χ3v) is 5.48. The second-order valence-electron chi connectivity index (χ2n) is 4.89. The molecular weight excluding hydrogens is 338 g/mol. The van der Waals surface area contributed by atoms with Crippen LogP contribution < -0.4 is 9.47 Å². The fraction of sp³-hybridized carbons (Fsp3) is 0.250. The van der Waals surface area contributed by atoms with Crippen LogP contribution in [0.3, 0.4) is 0 Å². The van der Waals surface area contributed by atoms with Crippen LogP contribution in [0.2, 0.25) is 5.02 Å². The van der Waals surface area contributed by atoms with Crippen LogP contribution in [0, 0.1) is 0 Å². The molecule has 0 aliphatic heterocycles. The summed E-state index contributed by atoms with van der Waals surface area (Å²) < 4.78 is 36.9. The average Bonchev–Trinajstić information content (AvgIpc) is 2.55. The van der Waals surface area contributed by atoms with E-state index in [4.69, 9.17) is 21.1 Å². The van der Waals surface area contributed by atoms with Gasteiger partial charge in [0.15, 0.2) is 0 Å². The van der Waals surface area contributed by atoms with Crippen molar-refractivity contribution in [3.05, 3.63) is 53.1 Å². The zero-order chi connectivity index (χ0) is 17.0. The molecule has 0 aliphatic carbocycles. The van der Waals surface area contributed by atoms with E-state index in [0.717, 1.165) is 5.56 Å². The van der Waals surface area contributed by atoms with Crippen molar-refractivity contribution in [2.75, 3.05) is 21.3 Å². The molecule has 2 aromatic rings. The second kappa shape index (κ2) is 7.21. The van der Waals surface area contributed by atoms with Crippen molar-refractivity contribution < 1.29 is 17.9 Å². The SMILES string of the molecule is COc1ccc(CN(C)S(=O)(=O)c2ccc(Cl)cc2)c(OC)c1. The number of rotatable bonds is 6. The Hall–Kier alpha value is -1.76. The smallest absolute Gasteiger partial charge is 0.243 e. The van der Waals surface area contributed by atoms with Gasteiger partial charge in [0.25, 0.3) is 0 Å². The van der Waals surface area contributed by atoms with Gasteiger partial charge in [-0.3, -0.25) is 0 Å². The van der Waals surface area contributed by atoms with Crippen molar-refractivity contribution >= 4 is 21.6 Å². The Kier molecular flexibility index (Phi) is 5.51. The van der Waals surface area contributed by atoms with E-state index in [0.29, 0.717) is 16.5 Å². The van der Waals surface area contributed by atoms with Crippen molar-refractivity contribution in [2.45, 2.75) is 11.4 Å². The van der Waals surface area contributed by atoms with Gasteiger partial charge in [-0.2, -0.15) is 4.31 Å². The normalized spacial score (nSPS) is 11.5. The maximum atomic E-state index is 12.6. The highest BCUT2D eigenvalue weighted by atomic mass is 35.5. The lowest BCUT2D eigenvalue weighted by Crippen LogP contribution is -2.26. The molecule has 0 heterocycles. The van der Waals surface area contributed by atoms with Gasteiger partial charge >= 0.3 is 0 Å². The minimum Gasteiger partial charge on any atom is -0.497 e. The minimum atomic E-state index is -3.61. The van der Waals surface area contributed by atoms with Crippen LogP contribution in [-0.4, -0.2) is 34.0 Å². The molecule has 0 aromatic heterocycles. The van der Waals surface area contributed by atoms with Crippen LogP contribution in [0.15, 0.2) is 47.4 Å². The van der Waals surface area contributed by atoms with Gasteiger partial charge in [0.1, 0.15) is 11.5 Å². The van der Waals surface area contributed by atoms with Gasteiger partial charge in [-0.15, -0.1) is 0 Å². The van der Waals surface area contributed by atoms with E-state index in [9.17, 15) is 8.42 Å². The quantitative estimate of drug-likeness (QED) is 0.798. The summed E-state index contributed by atoms with van der Waals surface area (Å²) in [5.41, 5.74) is 0.744. The van der Waals surface area contributed by atoms with Gasteiger partial charge in [-0.05, 0) is 30.3 Å². The molecule has 7 heteroatoms. The fourth-order valence-corrected chi connectivity index (χ4v) is 3.37. The van der Waals surface area contributed by atoms with Crippen molar-refractivity contribution in [3.63, 3.8) is 0 Å². The first kappa shape index (κ1) is 17.6. The molecule has 0 saturated carbocycles. The molecule has 124 valence electrons. The van der Waals surface area contributed by atoms with E-state index in [2.05, 4.69) is 0 Å². The summed E-state index contributed by atoms with van der Waals surface area (Å²) in [7, 11) is 1.01. The van der Waals surface area contributed by atoms with Crippen LogP contribution in [0.1, 0.15) is 5.56 Å². The van der Waals surface area contributed by atoms with Gasteiger partial charge in [0, 0.05) is 30.2 Å². The highest BCUT2D eigenvalue weighted by Crippen LogP contribution is 2.27.